The largest absolute Gasteiger partial charge is 0.350 e. The van der Waals surface area contributed by atoms with Crippen LogP contribution in [0.1, 0.15) is 27.0 Å². The number of hydrogen-bond acceptors (Lipinski definition) is 4. The average Bonchev–Trinajstić information content (AvgIpc) is 2.92. The normalized spacial score (nSPS) is 15.5. The van der Waals surface area contributed by atoms with E-state index in [2.05, 4.69) is 5.32 Å². The third-order valence-electron chi connectivity index (χ3n) is 4.36. The number of thioether (sulfide) groups is 1. The van der Waals surface area contributed by atoms with Crippen LogP contribution in [0, 0.1) is 13.8 Å². The number of aryl methyl sites for hydroxylation is 2. The number of nitrogens with one attached hydrogen (secondary N) is 1. The van der Waals surface area contributed by atoms with Gasteiger partial charge in [-0.25, -0.2) is 0 Å². The highest BCUT2D eigenvalue weighted by molar-refractivity contribution is 8.18. The van der Waals surface area contributed by atoms with Crippen molar-refractivity contribution in [3.05, 3.63) is 75.7 Å². The Labute approximate surface area is 162 Å². The van der Waals surface area contributed by atoms with Crippen LogP contribution in [-0.2, 0) is 4.79 Å². The average molecular weight is 380 g/mol. The molecule has 1 fully saturated rings. The molecule has 1 aliphatic heterocycles. The Balaban J connectivity index is 1.58. The summed E-state index contributed by atoms with van der Waals surface area (Å²) < 4.78 is 0. The van der Waals surface area contributed by atoms with Crippen LogP contribution in [-0.4, -0.2) is 35.0 Å². The van der Waals surface area contributed by atoms with Crippen LogP contribution in [0.5, 0.6) is 0 Å². The van der Waals surface area contributed by atoms with E-state index in [0.29, 0.717) is 10.5 Å². The van der Waals surface area contributed by atoms with Gasteiger partial charge in [-0.2, -0.15) is 0 Å². The first kappa shape index (κ1) is 18.9. The Kier molecular flexibility index (Phi) is 5.76. The quantitative estimate of drug-likeness (QED) is 0.802. The molecule has 1 aliphatic rings. The van der Waals surface area contributed by atoms with E-state index in [1.165, 1.54) is 4.90 Å². The molecule has 3 amide bonds. The minimum absolute atomic E-state index is 0.146. The second-order valence-corrected chi connectivity index (χ2v) is 7.29. The Morgan fingerprint density at radius 3 is 2.52 bits per heavy atom. The molecule has 0 radical (unpaired) electrons. The van der Waals surface area contributed by atoms with E-state index in [9.17, 15) is 14.4 Å². The molecule has 0 unspecified atom stereocenters. The monoisotopic (exact) mass is 380 g/mol. The summed E-state index contributed by atoms with van der Waals surface area (Å²) in [5.41, 5.74) is 3.59. The lowest BCUT2D eigenvalue weighted by molar-refractivity contribution is -0.122. The van der Waals surface area contributed by atoms with Crippen LogP contribution in [0.3, 0.4) is 0 Å². The number of imide groups is 1. The van der Waals surface area contributed by atoms with E-state index in [0.717, 1.165) is 28.5 Å². The van der Waals surface area contributed by atoms with Gasteiger partial charge < -0.3 is 5.32 Å². The summed E-state index contributed by atoms with van der Waals surface area (Å²) in [5.74, 6) is -0.542. The second kappa shape index (κ2) is 8.22. The molecule has 0 atom stereocenters. The standard InChI is InChI=1S/C21H20N2O3S/c1-14-8-9-17(12-15(14)2)19(24)22-10-11-23-20(25)18(27-21(23)26)13-16-6-4-3-5-7-16/h3-9,12-13H,10-11H2,1-2H3,(H,22,24)/b18-13-. The lowest BCUT2D eigenvalue weighted by atomic mass is 10.1. The molecule has 3 rings (SSSR count). The maximum absolute atomic E-state index is 12.5. The maximum Gasteiger partial charge on any atom is 0.293 e. The van der Waals surface area contributed by atoms with E-state index in [1.54, 1.807) is 12.1 Å². The maximum atomic E-state index is 12.5. The zero-order valence-corrected chi connectivity index (χ0v) is 16.0. The van der Waals surface area contributed by atoms with Gasteiger partial charge in [-0.05, 0) is 60.5 Å². The molecular weight excluding hydrogens is 360 g/mol. The van der Waals surface area contributed by atoms with E-state index in [-0.39, 0.29) is 30.1 Å². The van der Waals surface area contributed by atoms with Gasteiger partial charge in [0.25, 0.3) is 17.1 Å². The minimum Gasteiger partial charge on any atom is -0.350 e. The van der Waals surface area contributed by atoms with Crippen molar-refractivity contribution in [3.8, 4) is 0 Å². The summed E-state index contributed by atoms with van der Waals surface area (Å²) in [6.45, 7) is 4.29. The molecule has 0 aliphatic carbocycles. The van der Waals surface area contributed by atoms with Crippen molar-refractivity contribution < 1.29 is 14.4 Å². The first-order valence-corrected chi connectivity index (χ1v) is 9.43. The van der Waals surface area contributed by atoms with Gasteiger partial charge in [-0.3, -0.25) is 19.3 Å². The zero-order valence-electron chi connectivity index (χ0n) is 15.2. The molecule has 1 saturated heterocycles. The summed E-state index contributed by atoms with van der Waals surface area (Å²) in [5, 5.41) is 2.45. The SMILES string of the molecule is Cc1ccc(C(=O)NCCN2C(=O)S/C(=C\c3ccccc3)C2=O)cc1C. The lowest BCUT2D eigenvalue weighted by Crippen LogP contribution is -2.37. The Hall–Kier alpha value is -2.86. The van der Waals surface area contributed by atoms with Crippen LogP contribution >= 0.6 is 11.8 Å². The van der Waals surface area contributed by atoms with Gasteiger partial charge in [0, 0.05) is 18.7 Å². The highest BCUT2D eigenvalue weighted by Gasteiger charge is 2.34. The van der Waals surface area contributed by atoms with E-state index >= 15 is 0 Å². The first-order chi connectivity index (χ1) is 13.0. The summed E-state index contributed by atoms with van der Waals surface area (Å²) in [6, 6.07) is 14.9. The summed E-state index contributed by atoms with van der Waals surface area (Å²) >= 11 is 0.921. The van der Waals surface area contributed by atoms with Gasteiger partial charge >= 0.3 is 0 Å². The van der Waals surface area contributed by atoms with Crippen LogP contribution < -0.4 is 5.32 Å². The van der Waals surface area contributed by atoms with Crippen LogP contribution in [0.25, 0.3) is 6.08 Å². The van der Waals surface area contributed by atoms with Gasteiger partial charge in [0.2, 0.25) is 0 Å². The Morgan fingerprint density at radius 2 is 1.81 bits per heavy atom. The molecule has 0 spiro atoms. The number of carbonyl (C=O) groups excluding carboxylic acids is 3. The molecule has 1 N–H and O–H groups in total. The van der Waals surface area contributed by atoms with Gasteiger partial charge in [-0.1, -0.05) is 36.4 Å². The van der Waals surface area contributed by atoms with Crippen LogP contribution in [0.15, 0.2) is 53.4 Å². The zero-order chi connectivity index (χ0) is 19.4. The van der Waals surface area contributed by atoms with E-state index < -0.39 is 0 Å². The van der Waals surface area contributed by atoms with Crippen molar-refractivity contribution in [2.45, 2.75) is 13.8 Å². The molecule has 5 nitrogen and oxygen atoms in total. The van der Waals surface area contributed by atoms with Gasteiger partial charge in [0.1, 0.15) is 0 Å². The fraction of sp³-hybridized carbons (Fsp3) is 0.190. The third-order valence-corrected chi connectivity index (χ3v) is 5.27. The fourth-order valence-electron chi connectivity index (χ4n) is 2.66. The summed E-state index contributed by atoms with van der Waals surface area (Å²) in [7, 11) is 0. The molecule has 0 saturated carbocycles. The number of rotatable bonds is 5. The van der Waals surface area contributed by atoms with Crippen molar-refractivity contribution in [3.63, 3.8) is 0 Å². The molecule has 1 heterocycles. The molecule has 0 bridgehead atoms. The van der Waals surface area contributed by atoms with Crippen molar-refractivity contribution >= 4 is 34.9 Å². The number of amides is 3. The van der Waals surface area contributed by atoms with Crippen molar-refractivity contribution in [1.82, 2.24) is 10.2 Å². The van der Waals surface area contributed by atoms with Crippen molar-refractivity contribution in [2.75, 3.05) is 13.1 Å². The van der Waals surface area contributed by atoms with Crippen molar-refractivity contribution in [1.29, 1.82) is 0 Å². The fourth-order valence-corrected chi connectivity index (χ4v) is 3.52. The lowest BCUT2D eigenvalue weighted by Gasteiger charge is -2.13. The molecular formula is C21H20N2O3S. The Bertz CT molecular complexity index is 922. The molecule has 138 valence electrons. The van der Waals surface area contributed by atoms with E-state index in [1.807, 2.05) is 56.3 Å². The number of hydrogen-bond donors (Lipinski definition) is 1. The van der Waals surface area contributed by atoms with Crippen molar-refractivity contribution in [2.24, 2.45) is 0 Å². The number of nitrogens with zero attached hydrogens (tertiary/aromatic N) is 1. The minimum atomic E-state index is -0.325. The molecule has 6 heteroatoms. The van der Waals surface area contributed by atoms with Crippen LogP contribution in [0.4, 0.5) is 4.79 Å². The molecule has 0 aromatic heterocycles. The van der Waals surface area contributed by atoms with Gasteiger partial charge in [0.15, 0.2) is 0 Å². The van der Waals surface area contributed by atoms with E-state index in [4.69, 9.17) is 0 Å². The highest BCUT2D eigenvalue weighted by atomic mass is 32.2. The van der Waals surface area contributed by atoms with Gasteiger partial charge in [0.05, 0.1) is 4.91 Å². The second-order valence-electron chi connectivity index (χ2n) is 6.30. The Morgan fingerprint density at radius 1 is 1.07 bits per heavy atom. The molecule has 27 heavy (non-hydrogen) atoms. The predicted molar refractivity (Wildman–Crippen MR) is 107 cm³/mol. The first-order valence-electron chi connectivity index (χ1n) is 8.61. The highest BCUT2D eigenvalue weighted by Crippen LogP contribution is 2.31. The smallest absolute Gasteiger partial charge is 0.293 e. The molecule has 2 aromatic rings. The number of benzene rings is 2. The topological polar surface area (TPSA) is 66.5 Å². The van der Waals surface area contributed by atoms with Gasteiger partial charge in [-0.15, -0.1) is 0 Å². The summed E-state index contributed by atoms with van der Waals surface area (Å²) in [4.78, 5) is 38.4. The molecule has 2 aromatic carbocycles. The third kappa shape index (κ3) is 4.46. The number of carbonyl (C=O) groups is 3. The predicted octanol–water partition coefficient (Wildman–Crippen LogP) is 3.77. The summed E-state index contributed by atoms with van der Waals surface area (Å²) in [6.07, 6.45) is 1.71. The van der Waals surface area contributed by atoms with Crippen LogP contribution in [0.2, 0.25) is 0 Å².